The molecule has 0 radical (unpaired) electrons. The van der Waals surface area contributed by atoms with E-state index in [1.54, 1.807) is 19.2 Å². The van der Waals surface area contributed by atoms with Gasteiger partial charge in [0.2, 0.25) is 5.91 Å². The summed E-state index contributed by atoms with van der Waals surface area (Å²) in [4.78, 5) is 40.7. The second kappa shape index (κ2) is 10.1. The molecular weight excluding hydrogens is 446 g/mol. The van der Waals surface area contributed by atoms with Gasteiger partial charge in [0.25, 0.3) is 5.91 Å². The molecule has 3 rings (SSSR count). The van der Waals surface area contributed by atoms with E-state index in [0.717, 1.165) is 30.4 Å². The van der Waals surface area contributed by atoms with Crippen molar-refractivity contribution in [1.29, 1.82) is 0 Å². The number of benzene rings is 1. The molecule has 33 heavy (non-hydrogen) atoms. The molecule has 2 aliphatic rings. The summed E-state index contributed by atoms with van der Waals surface area (Å²) in [5, 5.41) is 2.85. The Morgan fingerprint density at radius 2 is 1.97 bits per heavy atom. The fourth-order valence-corrected chi connectivity index (χ4v) is 5.06. The largest absolute Gasteiger partial charge is 0.493 e. The second-order valence-corrected chi connectivity index (χ2v) is 11.0. The third-order valence-corrected chi connectivity index (χ3v) is 7.75. The first kappa shape index (κ1) is 25.0. The van der Waals surface area contributed by atoms with Crippen LogP contribution in [0.3, 0.4) is 0 Å². The number of ether oxygens (including phenoxy) is 1. The van der Waals surface area contributed by atoms with Gasteiger partial charge in [0.15, 0.2) is 9.84 Å². The number of carbonyl (C=O) groups excluding carboxylic acids is 3. The van der Waals surface area contributed by atoms with Gasteiger partial charge in [-0.25, -0.2) is 13.2 Å². The minimum atomic E-state index is -3.31. The summed E-state index contributed by atoms with van der Waals surface area (Å²) in [6.07, 6.45) is 5.75. The number of carbonyl (C=O) groups is 3. The Labute approximate surface area is 195 Å². The predicted octanol–water partition coefficient (Wildman–Crippen LogP) is 2.21. The maximum Gasteiger partial charge on any atom is 0.325 e. The Bertz CT molecular complexity index is 1000. The van der Waals surface area contributed by atoms with Crippen molar-refractivity contribution in [3.05, 3.63) is 24.3 Å². The lowest BCUT2D eigenvalue weighted by Crippen LogP contribution is -2.50. The van der Waals surface area contributed by atoms with Gasteiger partial charge in [0.05, 0.1) is 11.5 Å². The van der Waals surface area contributed by atoms with E-state index in [-0.39, 0.29) is 29.9 Å². The van der Waals surface area contributed by atoms with E-state index in [4.69, 9.17) is 4.74 Å². The summed E-state index contributed by atoms with van der Waals surface area (Å²) in [7, 11) is -1.70. The van der Waals surface area contributed by atoms with Gasteiger partial charge in [-0.05, 0) is 56.2 Å². The first-order chi connectivity index (χ1) is 15.6. The quantitative estimate of drug-likeness (QED) is 0.429. The molecular formula is C23H33N3O6S. The first-order valence-electron chi connectivity index (χ1n) is 11.4. The highest BCUT2D eigenvalue weighted by Crippen LogP contribution is 2.37. The lowest BCUT2D eigenvalue weighted by atomic mass is 9.75. The predicted molar refractivity (Wildman–Crippen MR) is 123 cm³/mol. The third kappa shape index (κ3) is 5.85. The molecule has 1 aromatic rings. The lowest BCUT2D eigenvalue weighted by molar-refractivity contribution is -0.139. The lowest BCUT2D eigenvalue weighted by Gasteiger charge is -2.34. The van der Waals surface area contributed by atoms with Crippen molar-refractivity contribution >= 4 is 27.7 Å². The zero-order valence-electron chi connectivity index (χ0n) is 19.5. The van der Waals surface area contributed by atoms with Gasteiger partial charge in [-0.1, -0.05) is 19.4 Å². The Hall–Kier alpha value is -2.62. The van der Waals surface area contributed by atoms with Crippen LogP contribution in [0.15, 0.2) is 29.2 Å². The highest BCUT2D eigenvalue weighted by Gasteiger charge is 2.52. The Kier molecular flexibility index (Phi) is 7.66. The molecule has 1 aliphatic heterocycles. The molecule has 0 atom stereocenters. The fraction of sp³-hybridized carbons (Fsp3) is 0.609. The Balaban J connectivity index is 1.46. The normalized spacial score (nSPS) is 23.0. The van der Waals surface area contributed by atoms with Gasteiger partial charge >= 0.3 is 6.03 Å². The van der Waals surface area contributed by atoms with Crippen LogP contribution in [0.5, 0.6) is 5.75 Å². The summed E-state index contributed by atoms with van der Waals surface area (Å²) in [5.41, 5.74) is -0.851. The first-order valence-corrected chi connectivity index (χ1v) is 13.3. The number of imide groups is 1. The summed E-state index contributed by atoms with van der Waals surface area (Å²) in [6.45, 7) is 2.51. The van der Waals surface area contributed by atoms with E-state index >= 15 is 0 Å². The highest BCUT2D eigenvalue weighted by atomic mass is 32.2. The van der Waals surface area contributed by atoms with Crippen LogP contribution < -0.4 is 10.1 Å². The van der Waals surface area contributed by atoms with Crippen molar-refractivity contribution in [3.63, 3.8) is 0 Å². The molecule has 1 N–H and O–H groups in total. The van der Waals surface area contributed by atoms with Gasteiger partial charge in [-0.3, -0.25) is 14.5 Å². The molecule has 0 bridgehead atoms. The van der Waals surface area contributed by atoms with Crippen LogP contribution in [0.2, 0.25) is 0 Å². The van der Waals surface area contributed by atoms with Gasteiger partial charge < -0.3 is 15.0 Å². The number of urea groups is 1. The maximum absolute atomic E-state index is 13.0. The van der Waals surface area contributed by atoms with E-state index in [1.165, 1.54) is 17.0 Å². The molecule has 1 aliphatic carbocycles. The van der Waals surface area contributed by atoms with Crippen LogP contribution in [-0.4, -0.2) is 74.6 Å². The average molecular weight is 480 g/mol. The minimum Gasteiger partial charge on any atom is -0.493 e. The van der Waals surface area contributed by atoms with E-state index in [9.17, 15) is 22.8 Å². The van der Waals surface area contributed by atoms with Gasteiger partial charge in [0.1, 0.15) is 17.8 Å². The number of sulfone groups is 1. The monoisotopic (exact) mass is 479 g/mol. The number of hydrogen-bond donors (Lipinski definition) is 1. The average Bonchev–Trinajstić information content (AvgIpc) is 3.00. The third-order valence-electron chi connectivity index (χ3n) is 6.64. The van der Waals surface area contributed by atoms with Crippen molar-refractivity contribution < 1.29 is 27.5 Å². The van der Waals surface area contributed by atoms with Crippen LogP contribution in [0.1, 0.15) is 45.4 Å². The van der Waals surface area contributed by atoms with Crippen LogP contribution >= 0.6 is 0 Å². The topological polar surface area (TPSA) is 113 Å². The molecule has 2 fully saturated rings. The standard InChI is InChI=1S/C23H33N3O6S/c1-4-17-9-11-23(12-10-17)21(28)26(22(29)24-23)16-20(27)25(2)13-6-14-32-18-7-5-8-19(15-18)33(3,30)31/h5,7-8,15,17H,4,6,9-14,16H2,1-3H3,(H,24,29). The number of amides is 4. The zero-order chi connectivity index (χ0) is 24.2. The molecule has 9 nitrogen and oxygen atoms in total. The summed E-state index contributed by atoms with van der Waals surface area (Å²) < 4.78 is 28.9. The molecule has 182 valence electrons. The van der Waals surface area contributed by atoms with Crippen LogP contribution in [0.4, 0.5) is 4.79 Å². The fourth-order valence-electron chi connectivity index (χ4n) is 4.40. The molecule has 1 spiro atoms. The van der Waals surface area contributed by atoms with Crippen LogP contribution in [-0.2, 0) is 19.4 Å². The summed E-state index contributed by atoms with van der Waals surface area (Å²) in [6, 6.07) is 5.76. The molecule has 1 aromatic carbocycles. The molecule has 4 amide bonds. The zero-order valence-corrected chi connectivity index (χ0v) is 20.3. The van der Waals surface area contributed by atoms with E-state index in [0.29, 0.717) is 37.5 Å². The number of nitrogens with zero attached hydrogens (tertiary/aromatic N) is 2. The Morgan fingerprint density at radius 3 is 2.61 bits per heavy atom. The van der Waals surface area contributed by atoms with E-state index < -0.39 is 21.4 Å². The summed E-state index contributed by atoms with van der Waals surface area (Å²) in [5.74, 6) is 0.405. The van der Waals surface area contributed by atoms with Crippen molar-refractivity contribution in [2.24, 2.45) is 5.92 Å². The van der Waals surface area contributed by atoms with Gasteiger partial charge in [-0.2, -0.15) is 0 Å². The van der Waals surface area contributed by atoms with Crippen LogP contribution in [0.25, 0.3) is 0 Å². The molecule has 0 unspecified atom stereocenters. The highest BCUT2D eigenvalue weighted by molar-refractivity contribution is 7.90. The number of likely N-dealkylation sites (N-methyl/N-ethyl adjacent to an activating group) is 1. The SMILES string of the molecule is CCC1CCC2(CC1)NC(=O)N(CC(=O)N(C)CCCOc1cccc(S(C)(=O)=O)c1)C2=O. The maximum atomic E-state index is 13.0. The molecule has 1 saturated carbocycles. The molecule has 1 heterocycles. The van der Waals surface area contributed by atoms with Crippen molar-refractivity contribution in [2.75, 3.05) is 33.0 Å². The Morgan fingerprint density at radius 1 is 1.27 bits per heavy atom. The molecule has 0 aromatic heterocycles. The van der Waals surface area contributed by atoms with Crippen molar-refractivity contribution in [1.82, 2.24) is 15.1 Å². The number of rotatable bonds is 9. The van der Waals surface area contributed by atoms with E-state index in [1.807, 2.05) is 0 Å². The smallest absolute Gasteiger partial charge is 0.325 e. The van der Waals surface area contributed by atoms with Crippen molar-refractivity contribution in [3.8, 4) is 5.75 Å². The van der Waals surface area contributed by atoms with Crippen molar-refractivity contribution in [2.45, 2.75) is 55.9 Å². The molecule has 1 saturated heterocycles. The number of hydrogen-bond acceptors (Lipinski definition) is 6. The van der Waals surface area contributed by atoms with E-state index in [2.05, 4.69) is 12.2 Å². The second-order valence-electron chi connectivity index (χ2n) is 9.02. The minimum absolute atomic E-state index is 0.182. The summed E-state index contributed by atoms with van der Waals surface area (Å²) >= 11 is 0. The molecule has 10 heteroatoms. The van der Waals surface area contributed by atoms with Crippen LogP contribution in [0, 0.1) is 5.92 Å². The van der Waals surface area contributed by atoms with Gasteiger partial charge in [-0.15, -0.1) is 0 Å². The van der Waals surface area contributed by atoms with Gasteiger partial charge in [0, 0.05) is 19.8 Å². The number of nitrogens with one attached hydrogen (secondary N) is 1.